The minimum absolute atomic E-state index is 0.144. The molecular formula is C16H19FN4OS. The van der Waals surface area contributed by atoms with E-state index in [2.05, 4.69) is 15.3 Å². The highest BCUT2D eigenvalue weighted by Crippen LogP contribution is 2.35. The van der Waals surface area contributed by atoms with Gasteiger partial charge in [0.15, 0.2) is 5.82 Å². The maximum atomic E-state index is 13.6. The Morgan fingerprint density at radius 3 is 3.17 bits per heavy atom. The molecule has 3 rings (SSSR count). The van der Waals surface area contributed by atoms with Crippen molar-refractivity contribution >= 4 is 23.1 Å². The van der Waals surface area contributed by atoms with Crippen LogP contribution in [0.3, 0.4) is 0 Å². The number of hydrogen-bond donors (Lipinski definition) is 1. The lowest BCUT2D eigenvalue weighted by Crippen LogP contribution is -2.35. The summed E-state index contributed by atoms with van der Waals surface area (Å²) in [6.45, 7) is 2.59. The summed E-state index contributed by atoms with van der Waals surface area (Å²) < 4.78 is 13.6. The van der Waals surface area contributed by atoms with E-state index in [1.807, 2.05) is 6.92 Å². The van der Waals surface area contributed by atoms with Crippen molar-refractivity contribution in [2.75, 3.05) is 18.9 Å². The summed E-state index contributed by atoms with van der Waals surface area (Å²) in [6.07, 6.45) is 5.76. The van der Waals surface area contributed by atoms with Gasteiger partial charge in [-0.05, 0) is 32.3 Å². The maximum Gasteiger partial charge on any atom is 0.321 e. The fourth-order valence-electron chi connectivity index (χ4n) is 2.91. The van der Waals surface area contributed by atoms with Gasteiger partial charge in [0.05, 0.1) is 22.6 Å². The second-order valence-electron chi connectivity index (χ2n) is 5.80. The highest BCUT2D eigenvalue weighted by Gasteiger charge is 2.26. The maximum absolute atomic E-state index is 13.6. The van der Waals surface area contributed by atoms with Gasteiger partial charge in [-0.1, -0.05) is 0 Å². The SMILES string of the molecule is Cc1nc2c(s1)CCCC2CN(C)C(=O)Nc1ccncc1F. The molecule has 2 amide bonds. The molecule has 2 aromatic rings. The van der Waals surface area contributed by atoms with Crippen LogP contribution in [-0.2, 0) is 6.42 Å². The zero-order valence-electron chi connectivity index (χ0n) is 13.2. The van der Waals surface area contributed by atoms with E-state index in [0.717, 1.165) is 36.2 Å². The molecule has 0 aliphatic heterocycles. The van der Waals surface area contributed by atoms with E-state index in [-0.39, 0.29) is 17.6 Å². The van der Waals surface area contributed by atoms with Crippen LogP contribution in [0.2, 0.25) is 0 Å². The minimum Gasteiger partial charge on any atom is -0.327 e. The van der Waals surface area contributed by atoms with Gasteiger partial charge in [0.25, 0.3) is 0 Å². The predicted molar refractivity (Wildman–Crippen MR) is 88.4 cm³/mol. The number of nitrogens with one attached hydrogen (secondary N) is 1. The summed E-state index contributed by atoms with van der Waals surface area (Å²) in [5.41, 5.74) is 1.28. The predicted octanol–water partition coefficient (Wildman–Crippen LogP) is 3.57. The van der Waals surface area contributed by atoms with Gasteiger partial charge in [-0.2, -0.15) is 0 Å². The molecule has 1 atom stereocenters. The van der Waals surface area contributed by atoms with E-state index in [0.29, 0.717) is 6.54 Å². The summed E-state index contributed by atoms with van der Waals surface area (Å²) >= 11 is 1.75. The van der Waals surface area contributed by atoms with Crippen LogP contribution in [0.1, 0.15) is 34.3 Å². The monoisotopic (exact) mass is 334 g/mol. The molecule has 1 N–H and O–H groups in total. The van der Waals surface area contributed by atoms with Crippen LogP contribution < -0.4 is 5.32 Å². The molecule has 1 unspecified atom stereocenters. The van der Waals surface area contributed by atoms with E-state index in [9.17, 15) is 9.18 Å². The molecule has 23 heavy (non-hydrogen) atoms. The molecule has 0 spiro atoms. The number of hydrogen-bond acceptors (Lipinski definition) is 4. The van der Waals surface area contributed by atoms with E-state index in [4.69, 9.17) is 0 Å². The summed E-state index contributed by atoms with van der Waals surface area (Å²) in [7, 11) is 1.72. The van der Waals surface area contributed by atoms with E-state index >= 15 is 0 Å². The van der Waals surface area contributed by atoms with Crippen LogP contribution in [0.4, 0.5) is 14.9 Å². The van der Waals surface area contributed by atoms with Crippen molar-refractivity contribution in [1.29, 1.82) is 0 Å². The average Bonchev–Trinajstić information content (AvgIpc) is 2.91. The number of halogens is 1. The van der Waals surface area contributed by atoms with Crippen molar-refractivity contribution in [3.8, 4) is 0 Å². The Hall–Kier alpha value is -2.02. The lowest BCUT2D eigenvalue weighted by Gasteiger charge is -2.26. The molecule has 122 valence electrons. The Kier molecular flexibility index (Phi) is 4.56. The lowest BCUT2D eigenvalue weighted by atomic mass is 9.90. The molecule has 5 nitrogen and oxygen atoms in total. The number of amides is 2. The number of pyridine rings is 1. The molecule has 2 heterocycles. The number of nitrogens with zero attached hydrogens (tertiary/aromatic N) is 3. The topological polar surface area (TPSA) is 58.1 Å². The molecule has 1 aliphatic rings. The smallest absolute Gasteiger partial charge is 0.321 e. The number of aryl methyl sites for hydroxylation is 2. The van der Waals surface area contributed by atoms with Crippen molar-refractivity contribution in [2.45, 2.75) is 32.1 Å². The Balaban J connectivity index is 1.66. The quantitative estimate of drug-likeness (QED) is 0.933. The minimum atomic E-state index is -0.538. The third-order valence-corrected chi connectivity index (χ3v) is 5.08. The third-order valence-electron chi connectivity index (χ3n) is 4.03. The Morgan fingerprint density at radius 2 is 2.39 bits per heavy atom. The van der Waals surface area contributed by atoms with Crippen LogP contribution in [0.15, 0.2) is 18.5 Å². The first-order valence-corrected chi connectivity index (χ1v) is 8.44. The van der Waals surface area contributed by atoms with Gasteiger partial charge in [-0.25, -0.2) is 14.2 Å². The van der Waals surface area contributed by atoms with E-state index in [1.54, 1.807) is 23.3 Å². The highest BCUT2D eigenvalue weighted by atomic mass is 32.1. The van der Waals surface area contributed by atoms with Gasteiger partial charge in [0.1, 0.15) is 0 Å². The molecule has 0 saturated heterocycles. The number of aromatic nitrogens is 2. The van der Waals surface area contributed by atoms with Gasteiger partial charge in [0.2, 0.25) is 0 Å². The van der Waals surface area contributed by atoms with E-state index < -0.39 is 5.82 Å². The Bertz CT molecular complexity index is 718. The molecule has 0 fully saturated rings. The van der Waals surface area contributed by atoms with Crippen LogP contribution in [0.25, 0.3) is 0 Å². The molecular weight excluding hydrogens is 315 g/mol. The first-order chi connectivity index (χ1) is 11.0. The first-order valence-electron chi connectivity index (χ1n) is 7.62. The van der Waals surface area contributed by atoms with Crippen LogP contribution >= 0.6 is 11.3 Å². The average molecular weight is 334 g/mol. The van der Waals surface area contributed by atoms with Crippen molar-refractivity contribution in [3.63, 3.8) is 0 Å². The first kappa shape index (κ1) is 15.9. The molecule has 1 aliphatic carbocycles. The lowest BCUT2D eigenvalue weighted by molar-refractivity contribution is 0.217. The fraction of sp³-hybridized carbons (Fsp3) is 0.438. The molecule has 0 bridgehead atoms. The molecule has 0 saturated carbocycles. The fourth-order valence-corrected chi connectivity index (χ4v) is 3.97. The Morgan fingerprint density at radius 1 is 1.57 bits per heavy atom. The van der Waals surface area contributed by atoms with Gasteiger partial charge >= 0.3 is 6.03 Å². The number of urea groups is 1. The van der Waals surface area contributed by atoms with Gasteiger partial charge in [0, 0.05) is 30.6 Å². The largest absolute Gasteiger partial charge is 0.327 e. The number of carbonyl (C=O) groups excluding carboxylic acids is 1. The standard InChI is InChI=1S/C16H19FN4OS/c1-10-19-15-11(4-3-5-14(15)23-10)9-21(2)16(22)20-13-6-7-18-8-12(13)17/h6-8,11H,3-5,9H2,1-2H3,(H,18,20,22). The summed E-state index contributed by atoms with van der Waals surface area (Å²) in [5.74, 6) is -0.286. The number of anilines is 1. The van der Waals surface area contributed by atoms with Crippen molar-refractivity contribution in [1.82, 2.24) is 14.9 Å². The third kappa shape index (κ3) is 3.50. The number of fused-ring (bicyclic) bond motifs is 1. The van der Waals surface area contributed by atoms with Crippen LogP contribution in [0, 0.1) is 12.7 Å². The molecule has 2 aromatic heterocycles. The summed E-state index contributed by atoms with van der Waals surface area (Å²) in [6, 6.07) is 1.12. The number of carbonyl (C=O) groups is 1. The second-order valence-corrected chi connectivity index (χ2v) is 7.08. The van der Waals surface area contributed by atoms with Gasteiger partial charge < -0.3 is 10.2 Å². The van der Waals surface area contributed by atoms with Crippen molar-refractivity contribution < 1.29 is 9.18 Å². The number of rotatable bonds is 3. The normalized spacial score (nSPS) is 16.7. The summed E-state index contributed by atoms with van der Waals surface area (Å²) in [5, 5.41) is 3.66. The van der Waals surface area contributed by atoms with Crippen molar-refractivity contribution in [2.24, 2.45) is 0 Å². The zero-order chi connectivity index (χ0) is 16.4. The molecule has 0 aromatic carbocycles. The van der Waals surface area contributed by atoms with E-state index in [1.165, 1.54) is 17.1 Å². The van der Waals surface area contributed by atoms with Gasteiger partial charge in [-0.3, -0.25) is 4.98 Å². The summed E-state index contributed by atoms with van der Waals surface area (Å²) in [4.78, 5) is 23.5. The molecule has 0 radical (unpaired) electrons. The van der Waals surface area contributed by atoms with Gasteiger partial charge in [-0.15, -0.1) is 11.3 Å². The number of thiazole rings is 1. The highest BCUT2D eigenvalue weighted by molar-refractivity contribution is 7.11. The number of likely N-dealkylation sites (N-methyl/N-ethyl adjacent to an activating group) is 1. The second kappa shape index (κ2) is 6.62. The zero-order valence-corrected chi connectivity index (χ0v) is 14.0. The Labute approximate surface area is 138 Å². The van der Waals surface area contributed by atoms with Crippen molar-refractivity contribution in [3.05, 3.63) is 39.9 Å². The van der Waals surface area contributed by atoms with Crippen LogP contribution in [0.5, 0.6) is 0 Å². The van der Waals surface area contributed by atoms with Crippen LogP contribution in [-0.4, -0.2) is 34.5 Å². The molecule has 7 heteroatoms.